The predicted molar refractivity (Wildman–Crippen MR) is 132 cm³/mol. The van der Waals surface area contributed by atoms with Crippen LogP contribution in [0.4, 0.5) is 11.4 Å². The van der Waals surface area contributed by atoms with Crippen molar-refractivity contribution in [2.24, 2.45) is 0 Å². The number of nitrogens with zero attached hydrogens (tertiary/aromatic N) is 1. The molecule has 6 nitrogen and oxygen atoms in total. The molecule has 0 aliphatic carbocycles. The van der Waals surface area contributed by atoms with Crippen molar-refractivity contribution in [2.45, 2.75) is 40.5 Å². The zero-order chi connectivity index (χ0) is 23.3. The third-order valence-electron chi connectivity index (χ3n) is 5.62. The smallest absolute Gasteiger partial charge is 0.360 e. The van der Waals surface area contributed by atoms with Crippen molar-refractivity contribution in [2.75, 3.05) is 23.7 Å². The van der Waals surface area contributed by atoms with E-state index in [-0.39, 0.29) is 11.3 Å². The summed E-state index contributed by atoms with van der Waals surface area (Å²) in [5, 5.41) is 1.97. The molecule has 4 aromatic rings. The Bertz CT molecular complexity index is 1330. The van der Waals surface area contributed by atoms with Gasteiger partial charge in [0.05, 0.1) is 0 Å². The maximum atomic E-state index is 11.8. The molecule has 168 valence electrons. The van der Waals surface area contributed by atoms with Gasteiger partial charge in [0, 0.05) is 23.9 Å². The van der Waals surface area contributed by atoms with Crippen LogP contribution in [0.2, 0.25) is 0 Å². The number of anilines is 2. The summed E-state index contributed by atoms with van der Waals surface area (Å²) >= 11 is 0. The van der Waals surface area contributed by atoms with E-state index in [0.717, 1.165) is 42.3 Å². The summed E-state index contributed by atoms with van der Waals surface area (Å²) in [5.41, 5.74) is 9.32. The van der Waals surface area contributed by atoms with Crippen molar-refractivity contribution in [1.82, 2.24) is 0 Å². The van der Waals surface area contributed by atoms with Crippen LogP contribution >= 0.6 is 0 Å². The normalized spacial score (nSPS) is 10.8. The number of para-hydroxylation sites is 1. The summed E-state index contributed by atoms with van der Waals surface area (Å²) in [6, 6.07) is 15.2. The molecule has 0 atom stereocenters. The van der Waals surface area contributed by atoms with Crippen molar-refractivity contribution in [3.63, 3.8) is 0 Å². The van der Waals surface area contributed by atoms with Crippen molar-refractivity contribution >= 4 is 33.3 Å². The topological polar surface area (TPSA) is 89.7 Å². The lowest BCUT2D eigenvalue weighted by Crippen LogP contribution is -2.27. The highest BCUT2D eigenvalue weighted by Gasteiger charge is 2.13. The second kappa shape index (κ2) is 10.2. The number of benzene rings is 2. The first-order valence-corrected chi connectivity index (χ1v) is 11.1. The Hall–Kier alpha value is -3.54. The van der Waals surface area contributed by atoms with Crippen LogP contribution in [0.1, 0.15) is 38.8 Å². The highest BCUT2D eigenvalue weighted by atomic mass is 16.4. The van der Waals surface area contributed by atoms with Gasteiger partial charge in [-0.05, 0) is 56.0 Å². The minimum atomic E-state index is -0.433. The molecule has 0 saturated carbocycles. The number of rotatable bonds is 5. The molecule has 2 aromatic carbocycles. The molecule has 4 rings (SSSR count). The van der Waals surface area contributed by atoms with Gasteiger partial charge in [0.15, 0.2) is 0 Å². The van der Waals surface area contributed by atoms with Gasteiger partial charge in [0.1, 0.15) is 22.5 Å². The van der Waals surface area contributed by atoms with E-state index in [1.54, 1.807) is 0 Å². The van der Waals surface area contributed by atoms with Crippen LogP contribution in [-0.4, -0.2) is 13.1 Å². The predicted octanol–water partition coefficient (Wildman–Crippen LogP) is 5.14. The maximum Gasteiger partial charge on any atom is 0.360 e. The second-order valence-corrected chi connectivity index (χ2v) is 7.41. The zero-order valence-corrected chi connectivity index (χ0v) is 19.1. The number of fused-ring (bicyclic) bond motifs is 2. The molecule has 0 aliphatic rings. The van der Waals surface area contributed by atoms with E-state index < -0.39 is 5.63 Å². The molecule has 0 amide bonds. The van der Waals surface area contributed by atoms with Crippen molar-refractivity contribution in [3.05, 3.63) is 80.5 Å². The van der Waals surface area contributed by atoms with E-state index in [2.05, 4.69) is 6.92 Å². The second-order valence-electron chi connectivity index (χ2n) is 7.41. The molecule has 0 radical (unpaired) electrons. The van der Waals surface area contributed by atoms with Gasteiger partial charge >= 0.3 is 11.3 Å². The molecule has 6 heteroatoms. The monoisotopic (exact) mass is 434 g/mol. The SMILES string of the molecule is CCN(CC)c1cc2ccccc2oc1=O.CCc1cccc2oc(=O)c(N)c(CC)c12. The third kappa shape index (κ3) is 4.54. The number of nitrogens with two attached hydrogens (primary N) is 1. The number of aryl methyl sites for hydroxylation is 2. The third-order valence-corrected chi connectivity index (χ3v) is 5.62. The minimum Gasteiger partial charge on any atom is -0.421 e. The van der Waals surface area contributed by atoms with Crippen molar-refractivity contribution < 1.29 is 8.83 Å². The van der Waals surface area contributed by atoms with E-state index in [1.807, 2.05) is 74.2 Å². The minimum absolute atomic E-state index is 0.246. The lowest BCUT2D eigenvalue weighted by atomic mass is 9.99. The van der Waals surface area contributed by atoms with Gasteiger partial charge in [0.2, 0.25) is 0 Å². The van der Waals surface area contributed by atoms with Crippen molar-refractivity contribution in [3.8, 4) is 0 Å². The van der Waals surface area contributed by atoms with Gasteiger partial charge < -0.3 is 19.5 Å². The molecular weight excluding hydrogens is 404 g/mol. The van der Waals surface area contributed by atoms with Gasteiger partial charge in [-0.25, -0.2) is 9.59 Å². The maximum absolute atomic E-state index is 11.8. The Morgan fingerprint density at radius 3 is 2.12 bits per heavy atom. The highest BCUT2D eigenvalue weighted by molar-refractivity contribution is 5.87. The summed E-state index contributed by atoms with van der Waals surface area (Å²) in [7, 11) is 0. The first-order chi connectivity index (χ1) is 15.4. The largest absolute Gasteiger partial charge is 0.421 e. The first-order valence-electron chi connectivity index (χ1n) is 11.1. The molecule has 0 spiro atoms. The fourth-order valence-electron chi connectivity index (χ4n) is 3.91. The summed E-state index contributed by atoms with van der Waals surface area (Å²) in [6.07, 6.45) is 1.64. The highest BCUT2D eigenvalue weighted by Crippen LogP contribution is 2.26. The zero-order valence-electron chi connectivity index (χ0n) is 19.1. The average molecular weight is 435 g/mol. The van der Waals surface area contributed by atoms with Gasteiger partial charge in [-0.3, -0.25) is 0 Å². The average Bonchev–Trinajstić information content (AvgIpc) is 2.81. The van der Waals surface area contributed by atoms with Crippen LogP contribution in [0.25, 0.3) is 21.9 Å². The summed E-state index contributed by atoms with van der Waals surface area (Å²) in [6.45, 7) is 9.74. The lowest BCUT2D eigenvalue weighted by Gasteiger charge is -2.19. The molecule has 2 aromatic heterocycles. The van der Waals surface area contributed by atoms with Crippen LogP contribution < -0.4 is 21.9 Å². The number of hydrogen-bond donors (Lipinski definition) is 1. The van der Waals surface area contributed by atoms with Crippen LogP contribution in [0.3, 0.4) is 0 Å². The molecule has 0 saturated heterocycles. The van der Waals surface area contributed by atoms with E-state index >= 15 is 0 Å². The molecule has 0 bridgehead atoms. The van der Waals surface area contributed by atoms with Gasteiger partial charge in [-0.2, -0.15) is 0 Å². The van der Waals surface area contributed by atoms with Gasteiger partial charge in [-0.15, -0.1) is 0 Å². The molecule has 0 fully saturated rings. The van der Waals surface area contributed by atoms with Crippen LogP contribution in [0, 0.1) is 0 Å². The van der Waals surface area contributed by atoms with Crippen LogP contribution in [0.5, 0.6) is 0 Å². The number of hydrogen-bond acceptors (Lipinski definition) is 6. The van der Waals surface area contributed by atoms with E-state index in [4.69, 9.17) is 14.6 Å². The Morgan fingerprint density at radius 1 is 0.812 bits per heavy atom. The van der Waals surface area contributed by atoms with Gasteiger partial charge in [0.25, 0.3) is 0 Å². The molecule has 2 N–H and O–H groups in total. The molecule has 0 unspecified atom stereocenters. The quantitative estimate of drug-likeness (QED) is 0.438. The molecular formula is C26H30N2O4. The molecule has 2 heterocycles. The van der Waals surface area contributed by atoms with E-state index in [9.17, 15) is 9.59 Å². The van der Waals surface area contributed by atoms with Crippen LogP contribution in [0.15, 0.2) is 67.0 Å². The fourth-order valence-corrected chi connectivity index (χ4v) is 3.91. The Labute approximate surface area is 187 Å². The number of nitrogen functional groups attached to an aromatic ring is 1. The Balaban J connectivity index is 0.000000181. The fraction of sp³-hybridized carbons (Fsp3) is 0.308. The van der Waals surface area contributed by atoms with Crippen LogP contribution in [-0.2, 0) is 12.8 Å². The molecule has 0 aliphatic heterocycles. The van der Waals surface area contributed by atoms with Gasteiger partial charge in [-0.1, -0.05) is 44.2 Å². The Morgan fingerprint density at radius 2 is 1.47 bits per heavy atom. The Kier molecular flexibility index (Phi) is 7.36. The van der Waals surface area contributed by atoms with E-state index in [1.165, 1.54) is 5.56 Å². The summed E-state index contributed by atoms with van der Waals surface area (Å²) in [5.74, 6) is 0. The van der Waals surface area contributed by atoms with Crippen molar-refractivity contribution in [1.29, 1.82) is 0 Å². The van der Waals surface area contributed by atoms with E-state index in [0.29, 0.717) is 16.9 Å². The molecule has 32 heavy (non-hydrogen) atoms. The lowest BCUT2D eigenvalue weighted by molar-refractivity contribution is 0.558. The first kappa shape index (κ1) is 23.1. The standard InChI is InChI=1S/2C13H15NO2/c1-3-14(4-2)11-9-10-7-5-6-8-12(10)16-13(11)15;1-3-8-6-5-7-10-11(8)9(4-2)12(14)13(15)16-10/h5-9H,3-4H2,1-2H3;5-7H,3-4,14H2,1-2H3. The summed E-state index contributed by atoms with van der Waals surface area (Å²) in [4.78, 5) is 25.3. The summed E-state index contributed by atoms with van der Waals surface area (Å²) < 4.78 is 10.5.